The minimum atomic E-state index is -0.644. The molecule has 0 saturated heterocycles. The highest BCUT2D eigenvalue weighted by atomic mass is 35.5. The Balaban J connectivity index is 2.48. The van der Waals surface area contributed by atoms with Crippen LogP contribution in [0.25, 0.3) is 5.57 Å². The molecule has 0 aliphatic carbocycles. The van der Waals surface area contributed by atoms with Gasteiger partial charge in [-0.1, -0.05) is 36.4 Å². The molecule has 0 atom stereocenters. The lowest BCUT2D eigenvalue weighted by Gasteiger charge is -2.09. The van der Waals surface area contributed by atoms with Crippen molar-refractivity contribution in [2.75, 3.05) is 0 Å². The standard InChI is InChI=1S/C14H9ClF2/c1-9(11-4-2-3-5-13(11)15)12-7-6-10(16)8-14(12)17/h2-8H,1H2. The van der Waals surface area contributed by atoms with Crippen molar-refractivity contribution in [3.8, 4) is 0 Å². The van der Waals surface area contributed by atoms with E-state index in [0.29, 0.717) is 16.2 Å². The lowest BCUT2D eigenvalue weighted by Crippen LogP contribution is -1.92. The van der Waals surface area contributed by atoms with Gasteiger partial charge in [-0.3, -0.25) is 0 Å². The SMILES string of the molecule is C=C(c1ccc(F)cc1F)c1ccccc1Cl. The van der Waals surface area contributed by atoms with Crippen LogP contribution in [0.1, 0.15) is 11.1 Å². The van der Waals surface area contributed by atoms with Crippen molar-refractivity contribution in [3.63, 3.8) is 0 Å². The summed E-state index contributed by atoms with van der Waals surface area (Å²) in [7, 11) is 0. The van der Waals surface area contributed by atoms with Crippen molar-refractivity contribution in [1.29, 1.82) is 0 Å². The minimum absolute atomic E-state index is 0.250. The Morgan fingerprint density at radius 1 is 1.00 bits per heavy atom. The monoisotopic (exact) mass is 250 g/mol. The average molecular weight is 251 g/mol. The summed E-state index contributed by atoms with van der Waals surface area (Å²) in [6.45, 7) is 3.80. The number of halogens is 3. The normalized spacial score (nSPS) is 10.3. The molecule has 0 heterocycles. The Hall–Kier alpha value is -1.67. The van der Waals surface area contributed by atoms with Gasteiger partial charge in [-0.25, -0.2) is 8.78 Å². The van der Waals surface area contributed by atoms with E-state index < -0.39 is 11.6 Å². The molecule has 0 unspecified atom stereocenters. The van der Waals surface area contributed by atoms with Gasteiger partial charge in [-0.15, -0.1) is 0 Å². The summed E-state index contributed by atoms with van der Waals surface area (Å²) in [6, 6.07) is 10.4. The van der Waals surface area contributed by atoms with E-state index in [0.717, 1.165) is 6.07 Å². The van der Waals surface area contributed by atoms with Gasteiger partial charge in [0.2, 0.25) is 0 Å². The zero-order chi connectivity index (χ0) is 12.4. The lowest BCUT2D eigenvalue weighted by atomic mass is 9.99. The molecule has 0 spiro atoms. The third kappa shape index (κ3) is 2.37. The molecule has 0 aromatic heterocycles. The molecule has 86 valence electrons. The van der Waals surface area contributed by atoms with Crippen molar-refractivity contribution < 1.29 is 8.78 Å². The van der Waals surface area contributed by atoms with Crippen LogP contribution in [-0.4, -0.2) is 0 Å². The van der Waals surface area contributed by atoms with Gasteiger partial charge in [0, 0.05) is 22.2 Å². The quantitative estimate of drug-likeness (QED) is 0.726. The Morgan fingerprint density at radius 3 is 2.35 bits per heavy atom. The van der Waals surface area contributed by atoms with Crippen LogP contribution in [0, 0.1) is 11.6 Å². The van der Waals surface area contributed by atoms with Crippen molar-refractivity contribution in [2.24, 2.45) is 0 Å². The smallest absolute Gasteiger partial charge is 0.133 e. The van der Waals surface area contributed by atoms with Crippen molar-refractivity contribution >= 4 is 17.2 Å². The van der Waals surface area contributed by atoms with Gasteiger partial charge < -0.3 is 0 Å². The molecule has 0 N–H and O–H groups in total. The van der Waals surface area contributed by atoms with E-state index in [4.69, 9.17) is 11.6 Å². The largest absolute Gasteiger partial charge is 0.207 e. The summed E-state index contributed by atoms with van der Waals surface area (Å²) in [5, 5.41) is 0.487. The third-order valence-corrected chi connectivity index (χ3v) is 2.78. The van der Waals surface area contributed by atoms with Crippen molar-refractivity contribution in [3.05, 3.63) is 76.8 Å². The van der Waals surface area contributed by atoms with E-state index in [9.17, 15) is 8.78 Å². The number of benzene rings is 2. The predicted octanol–water partition coefficient (Wildman–Crippen LogP) is 4.68. The second kappa shape index (κ2) is 4.68. The highest BCUT2D eigenvalue weighted by Crippen LogP contribution is 2.29. The Morgan fingerprint density at radius 2 is 1.71 bits per heavy atom. The summed E-state index contributed by atoms with van der Waals surface area (Å²) in [5.74, 6) is -1.26. The zero-order valence-corrected chi connectivity index (χ0v) is 9.64. The molecule has 17 heavy (non-hydrogen) atoms. The summed E-state index contributed by atoms with van der Waals surface area (Å²) >= 11 is 6.00. The Bertz CT molecular complexity index is 576. The molecule has 0 aliphatic rings. The first-order chi connectivity index (χ1) is 8.09. The Kier molecular flexibility index (Phi) is 3.25. The third-order valence-electron chi connectivity index (χ3n) is 2.46. The second-order valence-electron chi connectivity index (χ2n) is 3.58. The first-order valence-corrected chi connectivity index (χ1v) is 5.36. The van der Waals surface area contributed by atoms with Crippen LogP contribution in [0.15, 0.2) is 49.0 Å². The maximum Gasteiger partial charge on any atom is 0.133 e. The van der Waals surface area contributed by atoms with E-state index in [1.54, 1.807) is 24.3 Å². The molecule has 0 radical (unpaired) electrons. The van der Waals surface area contributed by atoms with Gasteiger partial charge >= 0.3 is 0 Å². The van der Waals surface area contributed by atoms with Crippen LogP contribution in [0.4, 0.5) is 8.78 Å². The second-order valence-corrected chi connectivity index (χ2v) is 3.99. The molecule has 0 fully saturated rings. The molecule has 0 bridgehead atoms. The molecule has 0 saturated carbocycles. The molecule has 0 nitrogen and oxygen atoms in total. The van der Waals surface area contributed by atoms with Gasteiger partial charge in [-0.2, -0.15) is 0 Å². The van der Waals surface area contributed by atoms with Crippen molar-refractivity contribution in [2.45, 2.75) is 0 Å². The summed E-state index contributed by atoms with van der Waals surface area (Å²) in [5.41, 5.74) is 1.33. The van der Waals surface area contributed by atoms with Gasteiger partial charge in [0.1, 0.15) is 11.6 Å². The highest BCUT2D eigenvalue weighted by Gasteiger charge is 2.11. The molecular weight excluding hydrogens is 242 g/mol. The van der Waals surface area contributed by atoms with E-state index in [1.807, 2.05) is 0 Å². The summed E-state index contributed by atoms with van der Waals surface area (Å²) in [4.78, 5) is 0. The zero-order valence-electron chi connectivity index (χ0n) is 8.88. The fraction of sp³-hybridized carbons (Fsp3) is 0. The van der Waals surface area contributed by atoms with Crippen LogP contribution < -0.4 is 0 Å². The van der Waals surface area contributed by atoms with E-state index >= 15 is 0 Å². The molecule has 2 aromatic rings. The first kappa shape index (κ1) is 11.8. The molecule has 3 heteroatoms. The number of hydrogen-bond acceptors (Lipinski definition) is 0. The number of rotatable bonds is 2. The van der Waals surface area contributed by atoms with E-state index in [2.05, 4.69) is 6.58 Å². The molecule has 2 aromatic carbocycles. The summed E-state index contributed by atoms with van der Waals surface area (Å²) < 4.78 is 26.4. The van der Waals surface area contributed by atoms with Crippen LogP contribution in [-0.2, 0) is 0 Å². The highest BCUT2D eigenvalue weighted by molar-refractivity contribution is 6.32. The van der Waals surface area contributed by atoms with Gasteiger partial charge in [0.15, 0.2) is 0 Å². The van der Waals surface area contributed by atoms with Gasteiger partial charge in [0.05, 0.1) is 0 Å². The van der Waals surface area contributed by atoms with Crippen LogP contribution >= 0.6 is 11.6 Å². The van der Waals surface area contributed by atoms with Crippen LogP contribution in [0.2, 0.25) is 5.02 Å². The van der Waals surface area contributed by atoms with E-state index in [-0.39, 0.29) is 5.56 Å². The maximum atomic E-state index is 13.6. The van der Waals surface area contributed by atoms with Gasteiger partial charge in [-0.05, 0) is 23.8 Å². The first-order valence-electron chi connectivity index (χ1n) is 4.99. The summed E-state index contributed by atoms with van der Waals surface area (Å²) in [6.07, 6.45) is 0. The molecule has 0 amide bonds. The average Bonchev–Trinajstić information content (AvgIpc) is 2.29. The van der Waals surface area contributed by atoms with Crippen LogP contribution in [0.5, 0.6) is 0 Å². The molecule has 2 rings (SSSR count). The minimum Gasteiger partial charge on any atom is -0.207 e. The molecule has 0 aliphatic heterocycles. The fourth-order valence-corrected chi connectivity index (χ4v) is 1.84. The lowest BCUT2D eigenvalue weighted by molar-refractivity contribution is 0.581. The van der Waals surface area contributed by atoms with Gasteiger partial charge in [0.25, 0.3) is 0 Å². The Labute approximate surface area is 103 Å². The predicted molar refractivity (Wildman–Crippen MR) is 65.9 cm³/mol. The molecular formula is C14H9ClF2. The fourth-order valence-electron chi connectivity index (χ4n) is 1.59. The maximum absolute atomic E-state index is 13.6. The van der Waals surface area contributed by atoms with E-state index in [1.165, 1.54) is 12.1 Å². The van der Waals surface area contributed by atoms with Crippen LogP contribution in [0.3, 0.4) is 0 Å². The topological polar surface area (TPSA) is 0 Å². The number of hydrogen-bond donors (Lipinski definition) is 0. The van der Waals surface area contributed by atoms with Crippen molar-refractivity contribution in [1.82, 2.24) is 0 Å².